The molecule has 3 atom stereocenters. The van der Waals surface area contributed by atoms with E-state index in [1.807, 2.05) is 29.2 Å². The zero-order valence-electron chi connectivity index (χ0n) is 18.6. The van der Waals surface area contributed by atoms with Crippen LogP contribution in [-0.4, -0.2) is 41.3 Å². The summed E-state index contributed by atoms with van der Waals surface area (Å²) in [7, 11) is -3.44. The van der Waals surface area contributed by atoms with Crippen molar-refractivity contribution in [3.63, 3.8) is 0 Å². The summed E-state index contributed by atoms with van der Waals surface area (Å²) in [4.78, 5) is 15.1. The van der Waals surface area contributed by atoms with Crippen LogP contribution in [0.2, 0.25) is 24.7 Å². The van der Waals surface area contributed by atoms with Crippen LogP contribution < -0.4 is 0 Å². The average Bonchev–Trinajstić information content (AvgIpc) is 3.06. The van der Waals surface area contributed by atoms with Crippen molar-refractivity contribution in [3.05, 3.63) is 34.9 Å². The Morgan fingerprint density at radius 1 is 1.07 bits per heavy atom. The highest BCUT2D eigenvalue weighted by atomic mass is 127. The molecule has 0 saturated carbocycles. The van der Waals surface area contributed by atoms with Gasteiger partial charge in [-0.1, -0.05) is 43.4 Å². The van der Waals surface area contributed by atoms with Gasteiger partial charge in [0.2, 0.25) is 5.91 Å². The Bertz CT molecular complexity index is 742. The average molecular weight is 586 g/mol. The fraction of sp³-hybridized carbons (Fsp3) is 0.667. The van der Waals surface area contributed by atoms with Crippen molar-refractivity contribution in [2.45, 2.75) is 76.9 Å². The second kappa shape index (κ2) is 11.3. The van der Waals surface area contributed by atoms with Gasteiger partial charge in [-0.05, 0) is 57.2 Å². The van der Waals surface area contributed by atoms with Gasteiger partial charge in [-0.3, -0.25) is 9.36 Å². The maximum absolute atomic E-state index is 13.2. The van der Waals surface area contributed by atoms with Crippen LogP contribution in [-0.2, 0) is 18.4 Å². The molecule has 2 aliphatic heterocycles. The van der Waals surface area contributed by atoms with Gasteiger partial charge in [0.25, 0.3) is 0 Å². The Morgan fingerprint density at radius 2 is 1.57 bits per heavy atom. The highest BCUT2D eigenvalue weighted by molar-refractivity contribution is 14.1. The monoisotopic (exact) mass is 585 g/mol. The molecule has 5 nitrogen and oxygen atoms in total. The van der Waals surface area contributed by atoms with Crippen LogP contribution in [0.5, 0.6) is 0 Å². The highest BCUT2D eigenvalue weighted by Crippen LogP contribution is 2.58. The van der Waals surface area contributed by atoms with Crippen LogP contribution in [0, 0.1) is 0 Å². The van der Waals surface area contributed by atoms with Crippen molar-refractivity contribution < 1.29 is 18.4 Å². The molecule has 0 spiro atoms. The standard InChI is InChI=1S/C18H25ClNO4P.C3H9ISi/c1-3-23-25(22,24-4-2)17-12-10-15-9-11-16(20(15)18(17)21)13-5-7-14(19)8-6-13;1-5(2,3)4/h5-8,15-17H,3-4,9-12H2,1-2H3;1-3H3/t15-,16+,17?;/m1./s1. The van der Waals surface area contributed by atoms with Gasteiger partial charge in [0.1, 0.15) is 11.2 Å². The summed E-state index contributed by atoms with van der Waals surface area (Å²) < 4.78 is 24.1. The van der Waals surface area contributed by atoms with E-state index in [9.17, 15) is 9.36 Å². The molecule has 9 heteroatoms. The van der Waals surface area contributed by atoms with Gasteiger partial charge < -0.3 is 13.9 Å². The first kappa shape index (κ1) is 26.3. The van der Waals surface area contributed by atoms with Crippen LogP contribution in [0.25, 0.3) is 0 Å². The quantitative estimate of drug-likeness (QED) is 0.155. The first-order valence-corrected chi connectivity index (χ1v) is 19.3. The summed E-state index contributed by atoms with van der Waals surface area (Å²) in [5, 5.41) is 0.679. The first-order valence-electron chi connectivity index (χ1n) is 10.7. The third-order valence-corrected chi connectivity index (χ3v) is 7.80. The van der Waals surface area contributed by atoms with Gasteiger partial charge in [0.05, 0.1) is 19.3 Å². The molecule has 0 bridgehead atoms. The molecule has 2 heterocycles. The number of hydrogen-bond donors (Lipinski definition) is 0. The van der Waals surface area contributed by atoms with E-state index in [-0.39, 0.29) is 31.2 Å². The first-order chi connectivity index (χ1) is 14.0. The molecule has 2 fully saturated rings. The Balaban J connectivity index is 0.000000575. The Morgan fingerprint density at radius 3 is 2.07 bits per heavy atom. The number of halogens is 2. The fourth-order valence-corrected chi connectivity index (χ4v) is 6.18. The molecule has 0 aliphatic carbocycles. The molecule has 30 heavy (non-hydrogen) atoms. The van der Waals surface area contributed by atoms with E-state index in [4.69, 9.17) is 20.6 Å². The van der Waals surface area contributed by atoms with E-state index >= 15 is 0 Å². The third-order valence-electron chi connectivity index (χ3n) is 5.07. The van der Waals surface area contributed by atoms with E-state index < -0.39 is 18.8 Å². The number of rotatable bonds is 6. The number of carbonyl (C=O) groups excluding carboxylic acids is 1. The van der Waals surface area contributed by atoms with Gasteiger partial charge in [-0.2, -0.15) is 0 Å². The number of amides is 1. The second-order valence-corrected chi connectivity index (χ2v) is 25.1. The summed E-state index contributed by atoms with van der Waals surface area (Å²) in [6, 6.07) is 7.85. The molecule has 170 valence electrons. The van der Waals surface area contributed by atoms with E-state index in [1.54, 1.807) is 13.8 Å². The summed E-state index contributed by atoms with van der Waals surface area (Å²) in [6.07, 6.45) is 3.28. The minimum absolute atomic E-state index is 0.00858. The maximum Gasteiger partial charge on any atom is 0.343 e. The number of hydrogen-bond acceptors (Lipinski definition) is 4. The van der Waals surface area contributed by atoms with Crippen molar-refractivity contribution in [3.8, 4) is 0 Å². The van der Waals surface area contributed by atoms with Crippen molar-refractivity contribution in [2.24, 2.45) is 0 Å². The molecule has 2 aliphatic rings. The highest BCUT2D eigenvalue weighted by Gasteiger charge is 2.51. The number of nitrogens with zero attached hydrogens (tertiary/aromatic N) is 1. The van der Waals surface area contributed by atoms with E-state index in [0.29, 0.717) is 11.4 Å². The molecule has 3 rings (SSSR count). The lowest BCUT2D eigenvalue weighted by Gasteiger charge is -2.40. The van der Waals surface area contributed by atoms with Crippen molar-refractivity contribution in [1.82, 2.24) is 4.90 Å². The molecule has 0 N–H and O–H groups in total. The Kier molecular flexibility index (Phi) is 9.90. The summed E-state index contributed by atoms with van der Waals surface area (Å²) in [5.74, 6) is -0.0982. The number of fused-ring (bicyclic) bond motifs is 1. The lowest BCUT2D eigenvalue weighted by molar-refractivity contribution is -0.137. The topological polar surface area (TPSA) is 55.8 Å². The molecule has 0 aromatic heterocycles. The van der Waals surface area contributed by atoms with Gasteiger partial charge >= 0.3 is 7.60 Å². The normalized spacial score (nSPS) is 24.3. The van der Waals surface area contributed by atoms with Crippen LogP contribution in [0.4, 0.5) is 0 Å². The van der Waals surface area contributed by atoms with E-state index in [1.165, 1.54) is 0 Å². The molecule has 1 aromatic carbocycles. The van der Waals surface area contributed by atoms with Crippen LogP contribution in [0.1, 0.15) is 51.1 Å². The minimum Gasteiger partial charge on any atom is -0.332 e. The lowest BCUT2D eigenvalue weighted by atomic mass is 10.0. The summed E-state index contributed by atoms with van der Waals surface area (Å²) in [6.45, 7) is 11.0. The van der Waals surface area contributed by atoms with E-state index in [2.05, 4.69) is 41.4 Å². The number of carbonyl (C=O) groups is 1. The molecule has 1 amide bonds. The fourth-order valence-electron chi connectivity index (χ4n) is 4.03. The second-order valence-electron chi connectivity index (χ2n) is 8.58. The van der Waals surface area contributed by atoms with Crippen LogP contribution in [0.15, 0.2) is 24.3 Å². The summed E-state index contributed by atoms with van der Waals surface area (Å²) >= 11 is 8.50. The molecular weight excluding hydrogens is 552 g/mol. The summed E-state index contributed by atoms with van der Waals surface area (Å²) in [5.41, 5.74) is -0.266. The van der Waals surface area contributed by atoms with Gasteiger partial charge in [0, 0.05) is 11.1 Å². The maximum atomic E-state index is 13.2. The molecular formula is C21H34ClINO4PSi. The number of piperidine rings is 1. The molecule has 1 aromatic rings. The van der Waals surface area contributed by atoms with Gasteiger partial charge in [-0.15, -0.1) is 21.8 Å². The van der Waals surface area contributed by atoms with Gasteiger partial charge in [-0.25, -0.2) is 0 Å². The third kappa shape index (κ3) is 7.04. The van der Waals surface area contributed by atoms with Crippen LogP contribution in [0.3, 0.4) is 0 Å². The Labute approximate surface area is 200 Å². The SMILES string of the molecule is CCOP(=O)(OCC)C1CC[C@H]2CC[C@@H](c3ccc(Cl)cc3)N2C1=O.C[Si](C)(C)I. The lowest BCUT2D eigenvalue weighted by Crippen LogP contribution is -2.48. The zero-order valence-corrected chi connectivity index (χ0v) is 23.4. The Hall–Kier alpha value is 0.0769. The van der Waals surface area contributed by atoms with E-state index in [0.717, 1.165) is 24.8 Å². The molecule has 1 unspecified atom stereocenters. The smallest absolute Gasteiger partial charge is 0.332 e. The molecule has 0 radical (unpaired) electrons. The van der Waals surface area contributed by atoms with Crippen LogP contribution >= 0.6 is 41.0 Å². The number of benzene rings is 1. The molecule has 2 saturated heterocycles. The predicted molar refractivity (Wildman–Crippen MR) is 135 cm³/mol. The zero-order chi connectivity index (χ0) is 22.5. The predicted octanol–water partition coefficient (Wildman–Crippen LogP) is 7.06. The largest absolute Gasteiger partial charge is 0.343 e. The minimum atomic E-state index is -3.44. The van der Waals surface area contributed by atoms with Crippen molar-refractivity contribution in [2.75, 3.05) is 13.2 Å². The van der Waals surface area contributed by atoms with Gasteiger partial charge in [0.15, 0.2) is 0 Å². The van der Waals surface area contributed by atoms with Crippen molar-refractivity contribution in [1.29, 1.82) is 0 Å². The van der Waals surface area contributed by atoms with Crippen molar-refractivity contribution >= 4 is 52.5 Å².